The second-order valence-corrected chi connectivity index (χ2v) is 7.79. The Balaban J connectivity index is 1.88. The lowest BCUT2D eigenvalue weighted by Crippen LogP contribution is -2.46. The van der Waals surface area contributed by atoms with Crippen LogP contribution in [0.3, 0.4) is 0 Å². The Morgan fingerprint density at radius 2 is 1.70 bits per heavy atom. The van der Waals surface area contributed by atoms with Crippen molar-refractivity contribution in [1.29, 1.82) is 0 Å². The Morgan fingerprint density at radius 1 is 1.04 bits per heavy atom. The summed E-state index contributed by atoms with van der Waals surface area (Å²) in [5.74, 6) is 0.506. The SMILES string of the molecule is CC(=O)c1ccc(CCNC(=O)NC(C)(C)c2cccc(C(C)C)c2)cc1. The monoisotopic (exact) mass is 366 g/mol. The van der Waals surface area contributed by atoms with E-state index in [1.807, 2.05) is 50.2 Å². The summed E-state index contributed by atoms with van der Waals surface area (Å²) in [5, 5.41) is 5.97. The van der Waals surface area contributed by atoms with Gasteiger partial charge in [-0.3, -0.25) is 4.79 Å². The smallest absolute Gasteiger partial charge is 0.315 e. The number of nitrogens with one attached hydrogen (secondary N) is 2. The molecular weight excluding hydrogens is 336 g/mol. The minimum absolute atomic E-state index is 0.0582. The highest BCUT2D eigenvalue weighted by molar-refractivity contribution is 5.94. The van der Waals surface area contributed by atoms with Gasteiger partial charge in [0.25, 0.3) is 0 Å². The molecule has 0 saturated heterocycles. The fourth-order valence-electron chi connectivity index (χ4n) is 2.91. The lowest BCUT2D eigenvalue weighted by molar-refractivity contribution is 0.101. The zero-order valence-electron chi connectivity index (χ0n) is 16.9. The largest absolute Gasteiger partial charge is 0.338 e. The molecule has 0 atom stereocenters. The number of carbonyl (C=O) groups is 2. The number of hydrogen-bond acceptors (Lipinski definition) is 2. The average Bonchev–Trinajstić information content (AvgIpc) is 2.62. The van der Waals surface area contributed by atoms with Crippen LogP contribution in [-0.4, -0.2) is 18.4 Å². The number of amides is 2. The van der Waals surface area contributed by atoms with Crippen molar-refractivity contribution >= 4 is 11.8 Å². The van der Waals surface area contributed by atoms with E-state index in [9.17, 15) is 9.59 Å². The van der Waals surface area contributed by atoms with Gasteiger partial charge in [0.15, 0.2) is 5.78 Å². The van der Waals surface area contributed by atoms with Gasteiger partial charge in [0.05, 0.1) is 5.54 Å². The minimum Gasteiger partial charge on any atom is -0.338 e. The van der Waals surface area contributed by atoms with Gasteiger partial charge in [-0.1, -0.05) is 62.4 Å². The molecule has 0 saturated carbocycles. The number of urea groups is 1. The first-order valence-corrected chi connectivity index (χ1v) is 9.45. The van der Waals surface area contributed by atoms with Crippen molar-refractivity contribution in [3.63, 3.8) is 0 Å². The molecule has 0 spiro atoms. The van der Waals surface area contributed by atoms with E-state index >= 15 is 0 Å². The van der Waals surface area contributed by atoms with E-state index in [0.717, 1.165) is 17.5 Å². The summed E-state index contributed by atoms with van der Waals surface area (Å²) in [6.45, 7) is 10.4. The van der Waals surface area contributed by atoms with Crippen LogP contribution >= 0.6 is 0 Å². The molecule has 2 aromatic rings. The van der Waals surface area contributed by atoms with Crippen molar-refractivity contribution in [1.82, 2.24) is 10.6 Å². The molecule has 0 radical (unpaired) electrons. The summed E-state index contributed by atoms with van der Waals surface area (Å²) >= 11 is 0. The van der Waals surface area contributed by atoms with E-state index in [4.69, 9.17) is 0 Å². The number of rotatable bonds is 7. The van der Waals surface area contributed by atoms with Gasteiger partial charge in [-0.2, -0.15) is 0 Å². The van der Waals surface area contributed by atoms with Crippen LogP contribution in [0.1, 0.15) is 67.6 Å². The van der Waals surface area contributed by atoms with Gasteiger partial charge >= 0.3 is 6.03 Å². The molecule has 0 aromatic heterocycles. The molecule has 27 heavy (non-hydrogen) atoms. The van der Waals surface area contributed by atoms with Crippen LogP contribution in [0.4, 0.5) is 4.79 Å². The van der Waals surface area contributed by atoms with E-state index in [0.29, 0.717) is 18.0 Å². The molecule has 0 aliphatic carbocycles. The van der Waals surface area contributed by atoms with Crippen LogP contribution in [0.25, 0.3) is 0 Å². The maximum atomic E-state index is 12.3. The third-order valence-corrected chi connectivity index (χ3v) is 4.76. The fraction of sp³-hybridized carbons (Fsp3) is 0.391. The molecule has 0 fully saturated rings. The maximum Gasteiger partial charge on any atom is 0.315 e. The van der Waals surface area contributed by atoms with Crippen LogP contribution < -0.4 is 10.6 Å². The van der Waals surface area contributed by atoms with Gasteiger partial charge in [0.2, 0.25) is 0 Å². The molecule has 2 aromatic carbocycles. The van der Waals surface area contributed by atoms with Crippen molar-refractivity contribution in [2.75, 3.05) is 6.54 Å². The molecule has 144 valence electrons. The molecule has 0 unspecified atom stereocenters. The Morgan fingerprint density at radius 3 is 2.30 bits per heavy atom. The van der Waals surface area contributed by atoms with E-state index in [-0.39, 0.29) is 11.8 Å². The molecule has 0 bridgehead atoms. The highest BCUT2D eigenvalue weighted by Gasteiger charge is 2.23. The zero-order chi connectivity index (χ0) is 20.0. The molecule has 2 rings (SSSR count). The topological polar surface area (TPSA) is 58.2 Å². The van der Waals surface area contributed by atoms with Crippen molar-refractivity contribution in [2.24, 2.45) is 0 Å². The van der Waals surface area contributed by atoms with Crippen LogP contribution in [0.2, 0.25) is 0 Å². The van der Waals surface area contributed by atoms with Gasteiger partial charge in [-0.05, 0) is 49.8 Å². The van der Waals surface area contributed by atoms with E-state index < -0.39 is 5.54 Å². The standard InChI is InChI=1S/C23H30N2O2/c1-16(2)20-7-6-8-21(15-20)23(4,5)25-22(27)24-14-13-18-9-11-19(12-10-18)17(3)26/h6-12,15-16H,13-14H2,1-5H3,(H2,24,25,27). The predicted molar refractivity (Wildman–Crippen MR) is 110 cm³/mol. The van der Waals surface area contributed by atoms with E-state index in [2.05, 4.69) is 36.6 Å². The van der Waals surface area contributed by atoms with Crippen molar-refractivity contribution in [2.45, 2.75) is 52.5 Å². The van der Waals surface area contributed by atoms with Gasteiger partial charge in [-0.25, -0.2) is 4.79 Å². The first-order chi connectivity index (χ1) is 12.7. The molecule has 4 heteroatoms. The van der Waals surface area contributed by atoms with Crippen LogP contribution in [0.5, 0.6) is 0 Å². The van der Waals surface area contributed by atoms with Gasteiger partial charge in [0.1, 0.15) is 0 Å². The number of carbonyl (C=O) groups excluding carboxylic acids is 2. The molecule has 2 amide bonds. The van der Waals surface area contributed by atoms with Gasteiger partial charge in [-0.15, -0.1) is 0 Å². The Kier molecular flexibility index (Phi) is 6.78. The number of benzene rings is 2. The third kappa shape index (κ3) is 5.95. The zero-order valence-corrected chi connectivity index (χ0v) is 16.9. The Bertz CT molecular complexity index is 792. The Labute approximate surface area is 162 Å². The number of ketones is 1. The van der Waals surface area contributed by atoms with Crippen LogP contribution in [-0.2, 0) is 12.0 Å². The molecule has 2 N–H and O–H groups in total. The second kappa shape index (κ2) is 8.85. The molecule has 0 aliphatic heterocycles. The van der Waals surface area contributed by atoms with E-state index in [1.165, 1.54) is 5.56 Å². The summed E-state index contributed by atoms with van der Waals surface area (Å²) in [6, 6.07) is 15.7. The predicted octanol–water partition coefficient (Wildman–Crippen LogP) is 4.79. The van der Waals surface area contributed by atoms with Crippen molar-refractivity contribution in [3.05, 3.63) is 70.8 Å². The van der Waals surface area contributed by atoms with Crippen molar-refractivity contribution < 1.29 is 9.59 Å². The summed E-state index contributed by atoms with van der Waals surface area (Å²) in [4.78, 5) is 23.6. The summed E-state index contributed by atoms with van der Waals surface area (Å²) in [7, 11) is 0. The normalized spacial score (nSPS) is 11.3. The lowest BCUT2D eigenvalue weighted by Gasteiger charge is -2.28. The average molecular weight is 367 g/mol. The number of Topliss-reactive ketones (excluding diaryl/α,β-unsaturated/α-hetero) is 1. The highest BCUT2D eigenvalue weighted by atomic mass is 16.2. The third-order valence-electron chi connectivity index (χ3n) is 4.76. The summed E-state index contributed by atoms with van der Waals surface area (Å²) < 4.78 is 0. The van der Waals surface area contributed by atoms with Gasteiger partial charge < -0.3 is 10.6 Å². The molecular formula is C23H30N2O2. The lowest BCUT2D eigenvalue weighted by atomic mass is 9.90. The van der Waals surface area contributed by atoms with Crippen molar-refractivity contribution in [3.8, 4) is 0 Å². The second-order valence-electron chi connectivity index (χ2n) is 7.79. The van der Waals surface area contributed by atoms with Crippen LogP contribution in [0.15, 0.2) is 48.5 Å². The van der Waals surface area contributed by atoms with Gasteiger partial charge in [0, 0.05) is 12.1 Å². The highest BCUT2D eigenvalue weighted by Crippen LogP contribution is 2.24. The minimum atomic E-state index is -0.460. The van der Waals surface area contributed by atoms with E-state index in [1.54, 1.807) is 6.92 Å². The molecule has 4 nitrogen and oxygen atoms in total. The number of hydrogen-bond donors (Lipinski definition) is 2. The molecule has 0 aliphatic rings. The fourth-order valence-corrected chi connectivity index (χ4v) is 2.91. The van der Waals surface area contributed by atoms with Crippen LogP contribution in [0, 0.1) is 0 Å². The first kappa shape index (κ1) is 20.7. The summed E-state index contributed by atoms with van der Waals surface area (Å²) in [6.07, 6.45) is 0.717. The summed E-state index contributed by atoms with van der Waals surface area (Å²) in [5.41, 5.74) is 3.68. The first-order valence-electron chi connectivity index (χ1n) is 9.45. The molecule has 0 heterocycles. The maximum absolute atomic E-state index is 12.3. The Hall–Kier alpha value is -2.62. The quantitative estimate of drug-likeness (QED) is 0.692.